The molecule has 7 heteroatoms. The molecular weight excluding hydrogens is 408 g/mol. The van der Waals surface area contributed by atoms with E-state index in [-0.39, 0.29) is 12.5 Å². The zero-order valence-electron chi connectivity index (χ0n) is 18.1. The van der Waals surface area contributed by atoms with E-state index in [1.165, 1.54) is 24.6 Å². The molecule has 1 aromatic heterocycles. The van der Waals surface area contributed by atoms with Crippen molar-refractivity contribution < 1.29 is 23.5 Å². The maximum Gasteiger partial charge on any atom is 0.336 e. The zero-order chi connectivity index (χ0) is 22.9. The van der Waals surface area contributed by atoms with Crippen molar-refractivity contribution in [3.63, 3.8) is 0 Å². The van der Waals surface area contributed by atoms with Crippen LogP contribution < -0.4 is 14.9 Å². The van der Waals surface area contributed by atoms with Crippen LogP contribution in [0.15, 0.2) is 70.4 Å². The van der Waals surface area contributed by atoms with E-state index >= 15 is 0 Å². The summed E-state index contributed by atoms with van der Waals surface area (Å²) in [5, 5.41) is 3.94. The second-order valence-electron chi connectivity index (χ2n) is 7.08. The first kappa shape index (κ1) is 22.6. The van der Waals surface area contributed by atoms with Crippen LogP contribution in [-0.2, 0) is 9.59 Å². The standard InChI is InChI=1S/C25H24N2O5/c1-17-9-10-18(2)25(19(17)3)31-16-23(28)27-26-15-20-6-4-7-22(14-20)32-24(29)12-11-21-8-5-13-30-21/h4-15H,16H2,1-3H3,(H,27,28)/b12-11+,26-15+. The van der Waals surface area contributed by atoms with E-state index in [1.807, 2.05) is 32.9 Å². The number of nitrogens with zero attached hydrogens (tertiary/aromatic N) is 1. The highest BCUT2D eigenvalue weighted by Crippen LogP contribution is 2.25. The van der Waals surface area contributed by atoms with Crippen molar-refractivity contribution in [3.8, 4) is 11.5 Å². The summed E-state index contributed by atoms with van der Waals surface area (Å²) in [7, 11) is 0. The van der Waals surface area contributed by atoms with E-state index in [4.69, 9.17) is 13.9 Å². The number of carbonyl (C=O) groups is 2. The summed E-state index contributed by atoms with van der Waals surface area (Å²) in [6.45, 7) is 5.74. The minimum Gasteiger partial charge on any atom is -0.483 e. The number of hydrogen-bond donors (Lipinski definition) is 1. The Bertz CT molecular complexity index is 1150. The minimum absolute atomic E-state index is 0.151. The van der Waals surface area contributed by atoms with Gasteiger partial charge in [0.05, 0.1) is 12.5 Å². The molecule has 0 aliphatic carbocycles. The average Bonchev–Trinajstić information content (AvgIpc) is 3.29. The first-order valence-electron chi connectivity index (χ1n) is 9.97. The van der Waals surface area contributed by atoms with E-state index in [0.29, 0.717) is 22.8 Å². The lowest BCUT2D eigenvalue weighted by atomic mass is 10.1. The van der Waals surface area contributed by atoms with Crippen LogP contribution in [0.3, 0.4) is 0 Å². The molecule has 1 heterocycles. The molecule has 3 rings (SSSR count). The molecule has 0 bridgehead atoms. The Morgan fingerprint density at radius 1 is 1.06 bits per heavy atom. The lowest BCUT2D eigenvalue weighted by molar-refractivity contribution is -0.129. The molecule has 0 saturated heterocycles. The number of aryl methyl sites for hydroxylation is 2. The third-order valence-corrected chi connectivity index (χ3v) is 4.63. The van der Waals surface area contributed by atoms with Crippen molar-refractivity contribution in [3.05, 3.63) is 88.9 Å². The fraction of sp³-hybridized carbons (Fsp3) is 0.160. The van der Waals surface area contributed by atoms with E-state index in [1.54, 1.807) is 36.4 Å². The Morgan fingerprint density at radius 2 is 1.88 bits per heavy atom. The molecule has 1 N–H and O–H groups in total. The predicted molar refractivity (Wildman–Crippen MR) is 122 cm³/mol. The predicted octanol–water partition coefficient (Wildman–Crippen LogP) is 4.35. The molecule has 0 fully saturated rings. The monoisotopic (exact) mass is 432 g/mol. The van der Waals surface area contributed by atoms with Gasteiger partial charge in [0.2, 0.25) is 0 Å². The quantitative estimate of drug-likeness (QED) is 0.188. The Balaban J connectivity index is 1.50. The van der Waals surface area contributed by atoms with Crippen molar-refractivity contribution >= 4 is 24.2 Å². The van der Waals surface area contributed by atoms with Gasteiger partial charge in [0.25, 0.3) is 5.91 Å². The number of hydrazone groups is 1. The summed E-state index contributed by atoms with van der Waals surface area (Å²) < 4.78 is 16.1. The van der Waals surface area contributed by atoms with Gasteiger partial charge < -0.3 is 13.9 Å². The van der Waals surface area contributed by atoms with Gasteiger partial charge in [-0.15, -0.1) is 0 Å². The first-order valence-corrected chi connectivity index (χ1v) is 9.97. The number of nitrogens with one attached hydrogen (secondary N) is 1. The molecule has 1 amide bonds. The molecule has 3 aromatic rings. The Labute approximate surface area is 186 Å². The molecule has 7 nitrogen and oxygen atoms in total. The maximum absolute atomic E-state index is 12.1. The Hall–Kier alpha value is -4.13. The second-order valence-corrected chi connectivity index (χ2v) is 7.08. The van der Waals surface area contributed by atoms with Gasteiger partial charge in [0, 0.05) is 6.08 Å². The lowest BCUT2D eigenvalue weighted by Crippen LogP contribution is -2.25. The van der Waals surface area contributed by atoms with Crippen LogP contribution in [0.2, 0.25) is 0 Å². The first-order chi connectivity index (χ1) is 15.4. The molecule has 0 spiro atoms. The number of hydrogen-bond acceptors (Lipinski definition) is 6. The van der Waals surface area contributed by atoms with E-state index in [0.717, 1.165) is 16.7 Å². The summed E-state index contributed by atoms with van der Waals surface area (Å²) in [6.07, 6.45) is 5.77. The number of rotatable bonds is 8. The van der Waals surface area contributed by atoms with Crippen LogP contribution in [0.4, 0.5) is 0 Å². The smallest absolute Gasteiger partial charge is 0.336 e. The van der Waals surface area contributed by atoms with E-state index in [9.17, 15) is 9.59 Å². The van der Waals surface area contributed by atoms with Crippen molar-refractivity contribution in [2.45, 2.75) is 20.8 Å². The number of amides is 1. The summed E-state index contributed by atoms with van der Waals surface area (Å²) >= 11 is 0. The summed E-state index contributed by atoms with van der Waals surface area (Å²) in [5.74, 6) is 0.688. The van der Waals surface area contributed by atoms with Crippen LogP contribution in [0.5, 0.6) is 11.5 Å². The van der Waals surface area contributed by atoms with Gasteiger partial charge >= 0.3 is 5.97 Å². The van der Waals surface area contributed by atoms with Crippen LogP contribution in [0.1, 0.15) is 28.0 Å². The highest BCUT2D eigenvalue weighted by Gasteiger charge is 2.09. The molecule has 0 saturated carbocycles. The number of furan rings is 1. The molecule has 164 valence electrons. The minimum atomic E-state index is -0.539. The van der Waals surface area contributed by atoms with Crippen LogP contribution >= 0.6 is 0 Å². The molecular formula is C25H24N2O5. The molecule has 32 heavy (non-hydrogen) atoms. The number of carbonyl (C=O) groups excluding carboxylic acids is 2. The molecule has 0 aliphatic rings. The molecule has 0 radical (unpaired) electrons. The van der Waals surface area contributed by atoms with Crippen molar-refractivity contribution in [2.75, 3.05) is 6.61 Å². The lowest BCUT2D eigenvalue weighted by Gasteiger charge is -2.13. The molecule has 0 atom stereocenters. The third kappa shape index (κ3) is 6.43. The number of esters is 1. The molecule has 0 unspecified atom stereocenters. The van der Waals surface area contributed by atoms with Gasteiger partial charge in [-0.25, -0.2) is 10.2 Å². The maximum atomic E-state index is 12.1. The van der Waals surface area contributed by atoms with Crippen LogP contribution in [0, 0.1) is 20.8 Å². The van der Waals surface area contributed by atoms with Gasteiger partial charge in [0.15, 0.2) is 6.61 Å². The topological polar surface area (TPSA) is 90.1 Å². The Morgan fingerprint density at radius 3 is 2.66 bits per heavy atom. The average molecular weight is 432 g/mol. The van der Waals surface area contributed by atoms with Gasteiger partial charge in [-0.2, -0.15) is 5.10 Å². The van der Waals surface area contributed by atoms with Gasteiger partial charge in [-0.1, -0.05) is 24.3 Å². The van der Waals surface area contributed by atoms with Crippen molar-refractivity contribution in [2.24, 2.45) is 5.10 Å². The summed E-state index contributed by atoms with van der Waals surface area (Å²) in [6, 6.07) is 14.2. The number of benzene rings is 2. The van der Waals surface area contributed by atoms with Gasteiger partial charge in [-0.3, -0.25) is 4.79 Å². The number of ether oxygens (including phenoxy) is 2. The fourth-order valence-corrected chi connectivity index (χ4v) is 2.84. The van der Waals surface area contributed by atoms with Crippen molar-refractivity contribution in [1.82, 2.24) is 5.43 Å². The summed E-state index contributed by atoms with van der Waals surface area (Å²) in [5.41, 5.74) is 6.15. The van der Waals surface area contributed by atoms with Gasteiger partial charge in [0.1, 0.15) is 17.3 Å². The third-order valence-electron chi connectivity index (χ3n) is 4.63. The summed E-state index contributed by atoms with van der Waals surface area (Å²) in [4.78, 5) is 24.0. The fourth-order valence-electron chi connectivity index (χ4n) is 2.84. The Kier molecular flexibility index (Phi) is 7.59. The highest BCUT2D eigenvalue weighted by molar-refractivity contribution is 5.89. The highest BCUT2D eigenvalue weighted by atomic mass is 16.5. The van der Waals surface area contributed by atoms with E-state index in [2.05, 4.69) is 10.5 Å². The molecule has 2 aromatic carbocycles. The second kappa shape index (κ2) is 10.8. The van der Waals surface area contributed by atoms with Crippen LogP contribution in [-0.4, -0.2) is 24.7 Å². The van der Waals surface area contributed by atoms with Crippen molar-refractivity contribution in [1.29, 1.82) is 0 Å². The largest absolute Gasteiger partial charge is 0.483 e. The van der Waals surface area contributed by atoms with Gasteiger partial charge in [-0.05, 0) is 73.4 Å². The van der Waals surface area contributed by atoms with E-state index < -0.39 is 5.97 Å². The normalized spacial score (nSPS) is 11.1. The zero-order valence-corrected chi connectivity index (χ0v) is 18.1. The molecule has 0 aliphatic heterocycles. The van der Waals surface area contributed by atoms with Crippen LogP contribution in [0.25, 0.3) is 6.08 Å². The SMILES string of the molecule is Cc1ccc(C)c(OCC(=O)N/N=C/c2cccc(OC(=O)/C=C/c3ccco3)c2)c1C.